The summed E-state index contributed by atoms with van der Waals surface area (Å²) in [5.41, 5.74) is 2.88. The minimum Gasteiger partial charge on any atom is -0.464 e. The van der Waals surface area contributed by atoms with E-state index in [1.165, 1.54) is 0 Å². The van der Waals surface area contributed by atoms with Crippen LogP contribution in [0.3, 0.4) is 0 Å². The molecule has 2 rings (SSSR count). The minimum atomic E-state index is -0.508. The lowest BCUT2D eigenvalue weighted by Crippen LogP contribution is -2.23. The molecule has 0 aromatic heterocycles. The molecule has 0 aliphatic rings. The molecule has 0 saturated heterocycles. The van der Waals surface area contributed by atoms with Crippen LogP contribution in [-0.4, -0.2) is 12.6 Å². The summed E-state index contributed by atoms with van der Waals surface area (Å²) >= 11 is 3.47. The van der Waals surface area contributed by atoms with Crippen LogP contribution in [-0.2, 0) is 9.53 Å². The lowest BCUT2D eigenvalue weighted by atomic mass is 10.1. The standard InChI is InChI=1S/C17H18BrNO2/c1-3-21-17(20)16(13-7-5-4-6-8-13)19-14-9-10-15(18)12(2)11-14/h4-11,16,19H,3H2,1-2H3. The Morgan fingerprint density at radius 3 is 2.57 bits per heavy atom. The van der Waals surface area contributed by atoms with E-state index in [-0.39, 0.29) is 5.97 Å². The van der Waals surface area contributed by atoms with E-state index in [2.05, 4.69) is 21.2 Å². The number of carbonyl (C=O) groups excluding carboxylic acids is 1. The lowest BCUT2D eigenvalue weighted by molar-refractivity contribution is -0.144. The van der Waals surface area contributed by atoms with Gasteiger partial charge < -0.3 is 10.1 Å². The van der Waals surface area contributed by atoms with Gasteiger partial charge in [-0.25, -0.2) is 4.79 Å². The Morgan fingerprint density at radius 2 is 1.95 bits per heavy atom. The highest BCUT2D eigenvalue weighted by Crippen LogP contribution is 2.25. The maximum Gasteiger partial charge on any atom is 0.333 e. The van der Waals surface area contributed by atoms with E-state index in [9.17, 15) is 4.79 Å². The van der Waals surface area contributed by atoms with E-state index in [0.29, 0.717) is 6.61 Å². The number of anilines is 1. The average molecular weight is 348 g/mol. The number of aryl methyl sites for hydroxylation is 1. The number of benzene rings is 2. The Bertz CT molecular complexity index is 613. The van der Waals surface area contributed by atoms with Gasteiger partial charge in [0.2, 0.25) is 0 Å². The molecule has 110 valence electrons. The minimum absolute atomic E-state index is 0.274. The monoisotopic (exact) mass is 347 g/mol. The van der Waals surface area contributed by atoms with Gasteiger partial charge in [-0.1, -0.05) is 46.3 Å². The molecule has 0 fully saturated rings. The summed E-state index contributed by atoms with van der Waals surface area (Å²) in [6.07, 6.45) is 0. The molecule has 4 heteroatoms. The van der Waals surface area contributed by atoms with E-state index >= 15 is 0 Å². The van der Waals surface area contributed by atoms with Gasteiger partial charge in [0.1, 0.15) is 0 Å². The molecule has 2 aromatic rings. The van der Waals surface area contributed by atoms with Crippen molar-refractivity contribution in [3.05, 3.63) is 64.1 Å². The van der Waals surface area contributed by atoms with Crippen LogP contribution < -0.4 is 5.32 Å². The van der Waals surface area contributed by atoms with Crippen molar-refractivity contribution in [1.82, 2.24) is 0 Å². The Labute approximate surface area is 133 Å². The number of ether oxygens (including phenoxy) is 1. The van der Waals surface area contributed by atoms with Crippen LogP contribution >= 0.6 is 15.9 Å². The zero-order valence-electron chi connectivity index (χ0n) is 12.1. The summed E-state index contributed by atoms with van der Waals surface area (Å²) in [6, 6.07) is 15.0. The highest BCUT2D eigenvalue weighted by Gasteiger charge is 2.21. The first-order valence-electron chi connectivity index (χ1n) is 6.86. The van der Waals surface area contributed by atoms with Crippen molar-refractivity contribution in [3.8, 4) is 0 Å². The fraction of sp³-hybridized carbons (Fsp3) is 0.235. The van der Waals surface area contributed by atoms with Gasteiger partial charge in [-0.3, -0.25) is 0 Å². The van der Waals surface area contributed by atoms with E-state index < -0.39 is 6.04 Å². The Morgan fingerprint density at radius 1 is 1.24 bits per heavy atom. The zero-order valence-corrected chi connectivity index (χ0v) is 13.7. The van der Waals surface area contributed by atoms with Crippen molar-refractivity contribution in [2.75, 3.05) is 11.9 Å². The maximum absolute atomic E-state index is 12.2. The molecule has 0 radical (unpaired) electrons. The third kappa shape index (κ3) is 4.08. The van der Waals surface area contributed by atoms with Crippen LogP contribution in [0.4, 0.5) is 5.69 Å². The second-order valence-electron chi connectivity index (χ2n) is 4.70. The molecule has 1 atom stereocenters. The normalized spacial score (nSPS) is 11.8. The van der Waals surface area contributed by atoms with Gasteiger partial charge in [-0.2, -0.15) is 0 Å². The highest BCUT2D eigenvalue weighted by molar-refractivity contribution is 9.10. The largest absolute Gasteiger partial charge is 0.464 e. The first kappa shape index (κ1) is 15.6. The lowest BCUT2D eigenvalue weighted by Gasteiger charge is -2.19. The molecular formula is C17H18BrNO2. The van der Waals surface area contributed by atoms with Crippen molar-refractivity contribution in [3.63, 3.8) is 0 Å². The molecule has 0 spiro atoms. The molecule has 2 aromatic carbocycles. The number of halogens is 1. The van der Waals surface area contributed by atoms with Crippen molar-refractivity contribution in [1.29, 1.82) is 0 Å². The number of hydrogen-bond acceptors (Lipinski definition) is 3. The molecule has 0 saturated carbocycles. The van der Waals surface area contributed by atoms with Crippen molar-refractivity contribution >= 4 is 27.6 Å². The van der Waals surface area contributed by atoms with Crippen LogP contribution in [0.5, 0.6) is 0 Å². The molecule has 0 amide bonds. The van der Waals surface area contributed by atoms with Crippen LogP contribution in [0.2, 0.25) is 0 Å². The molecule has 3 nitrogen and oxygen atoms in total. The number of nitrogens with one attached hydrogen (secondary N) is 1. The molecular weight excluding hydrogens is 330 g/mol. The molecule has 1 N–H and O–H groups in total. The van der Waals surface area contributed by atoms with E-state index in [1.807, 2.05) is 62.4 Å². The van der Waals surface area contributed by atoms with Gasteiger partial charge in [0.15, 0.2) is 6.04 Å². The fourth-order valence-corrected chi connectivity index (χ4v) is 2.30. The van der Waals surface area contributed by atoms with Crippen LogP contribution in [0.25, 0.3) is 0 Å². The SMILES string of the molecule is CCOC(=O)C(Nc1ccc(Br)c(C)c1)c1ccccc1. The van der Waals surface area contributed by atoms with Gasteiger partial charge in [-0.05, 0) is 43.2 Å². The maximum atomic E-state index is 12.2. The van der Waals surface area contributed by atoms with Crippen molar-refractivity contribution < 1.29 is 9.53 Å². The first-order chi connectivity index (χ1) is 10.1. The quantitative estimate of drug-likeness (QED) is 0.810. The van der Waals surface area contributed by atoms with Gasteiger partial charge >= 0.3 is 5.97 Å². The third-order valence-corrected chi connectivity index (χ3v) is 4.01. The number of hydrogen-bond donors (Lipinski definition) is 1. The average Bonchev–Trinajstić information content (AvgIpc) is 2.49. The van der Waals surface area contributed by atoms with Gasteiger partial charge in [0, 0.05) is 10.2 Å². The van der Waals surface area contributed by atoms with Gasteiger partial charge in [0.05, 0.1) is 6.61 Å². The molecule has 0 aliphatic heterocycles. The first-order valence-corrected chi connectivity index (χ1v) is 7.65. The second kappa shape index (κ2) is 7.27. The van der Waals surface area contributed by atoms with Crippen LogP contribution in [0.15, 0.2) is 53.0 Å². The summed E-state index contributed by atoms with van der Waals surface area (Å²) in [5, 5.41) is 3.25. The van der Waals surface area contributed by atoms with Gasteiger partial charge in [0.25, 0.3) is 0 Å². The van der Waals surface area contributed by atoms with Crippen molar-refractivity contribution in [2.45, 2.75) is 19.9 Å². The van der Waals surface area contributed by atoms with E-state index in [4.69, 9.17) is 4.74 Å². The predicted octanol–water partition coefficient (Wildman–Crippen LogP) is 4.47. The third-order valence-electron chi connectivity index (χ3n) is 3.12. The number of esters is 1. The molecule has 0 aliphatic carbocycles. The predicted molar refractivity (Wildman–Crippen MR) is 88.3 cm³/mol. The summed E-state index contributed by atoms with van der Waals surface area (Å²) in [5.74, 6) is -0.274. The van der Waals surface area contributed by atoms with E-state index in [1.54, 1.807) is 0 Å². The fourth-order valence-electron chi connectivity index (χ4n) is 2.05. The Hall–Kier alpha value is -1.81. The zero-order chi connectivity index (χ0) is 15.2. The van der Waals surface area contributed by atoms with Crippen LogP contribution in [0, 0.1) is 6.92 Å². The molecule has 1 unspecified atom stereocenters. The number of rotatable bonds is 5. The summed E-state index contributed by atoms with van der Waals surface area (Å²) < 4.78 is 6.22. The Balaban J connectivity index is 2.27. The summed E-state index contributed by atoms with van der Waals surface area (Å²) in [6.45, 7) is 4.18. The number of carbonyl (C=O) groups is 1. The highest BCUT2D eigenvalue weighted by atomic mass is 79.9. The summed E-state index contributed by atoms with van der Waals surface area (Å²) in [4.78, 5) is 12.2. The smallest absolute Gasteiger partial charge is 0.333 e. The summed E-state index contributed by atoms with van der Waals surface area (Å²) in [7, 11) is 0. The van der Waals surface area contributed by atoms with Gasteiger partial charge in [-0.15, -0.1) is 0 Å². The van der Waals surface area contributed by atoms with Crippen LogP contribution in [0.1, 0.15) is 24.1 Å². The second-order valence-corrected chi connectivity index (χ2v) is 5.56. The molecule has 0 bridgehead atoms. The molecule has 21 heavy (non-hydrogen) atoms. The Kier molecular flexibility index (Phi) is 5.39. The van der Waals surface area contributed by atoms with E-state index in [0.717, 1.165) is 21.3 Å². The molecule has 0 heterocycles. The topological polar surface area (TPSA) is 38.3 Å². The van der Waals surface area contributed by atoms with Crippen molar-refractivity contribution in [2.24, 2.45) is 0 Å².